The van der Waals surface area contributed by atoms with E-state index in [9.17, 15) is 4.79 Å². The van der Waals surface area contributed by atoms with Gasteiger partial charge in [0.1, 0.15) is 6.04 Å². The molecule has 1 N–H and O–H groups in total. The Balaban J connectivity index is 2.81. The molecule has 0 saturated heterocycles. The average Bonchev–Trinajstić information content (AvgIpc) is 2.44. The number of carbonyl (C=O) groups is 1. The lowest BCUT2D eigenvalue weighted by Gasteiger charge is -2.15. The Morgan fingerprint density at radius 2 is 1.84 bits per heavy atom. The SMILES string of the molecule is COC(=O)[C@H](C)NCc1cc(OC)c(OC)cc1Br. The van der Waals surface area contributed by atoms with Crippen molar-refractivity contribution in [3.8, 4) is 11.5 Å². The Labute approximate surface area is 121 Å². The molecule has 19 heavy (non-hydrogen) atoms. The van der Waals surface area contributed by atoms with Gasteiger partial charge < -0.3 is 19.5 Å². The number of methoxy groups -OCH3 is 3. The third-order valence-corrected chi connectivity index (χ3v) is 3.44. The maximum atomic E-state index is 11.3. The number of hydrogen-bond donors (Lipinski definition) is 1. The zero-order chi connectivity index (χ0) is 14.4. The van der Waals surface area contributed by atoms with Crippen LogP contribution in [0.2, 0.25) is 0 Å². The summed E-state index contributed by atoms with van der Waals surface area (Å²) >= 11 is 3.46. The number of ether oxygens (including phenoxy) is 3. The van der Waals surface area contributed by atoms with Crippen molar-refractivity contribution in [3.63, 3.8) is 0 Å². The zero-order valence-electron chi connectivity index (χ0n) is 11.5. The second-order valence-corrected chi connectivity index (χ2v) is 4.78. The standard InChI is InChI=1S/C13H18BrNO4/c1-8(13(16)19-4)15-7-9-5-11(17-2)12(18-3)6-10(9)14/h5-6,8,15H,7H2,1-4H3/t8-/m0/s1. The monoisotopic (exact) mass is 331 g/mol. The van der Waals surface area contributed by atoms with Crippen molar-refractivity contribution in [2.75, 3.05) is 21.3 Å². The summed E-state index contributed by atoms with van der Waals surface area (Å²) in [4.78, 5) is 11.3. The van der Waals surface area contributed by atoms with Crippen molar-refractivity contribution in [2.45, 2.75) is 19.5 Å². The van der Waals surface area contributed by atoms with Gasteiger partial charge in [-0.15, -0.1) is 0 Å². The Morgan fingerprint density at radius 3 is 2.37 bits per heavy atom. The summed E-state index contributed by atoms with van der Waals surface area (Å²) in [5.41, 5.74) is 0.966. The van der Waals surface area contributed by atoms with Crippen molar-refractivity contribution in [1.29, 1.82) is 0 Å². The van der Waals surface area contributed by atoms with Crippen LogP contribution in [0.3, 0.4) is 0 Å². The van der Waals surface area contributed by atoms with Crippen LogP contribution in [0, 0.1) is 0 Å². The summed E-state index contributed by atoms with van der Waals surface area (Å²) in [6, 6.07) is 3.32. The largest absolute Gasteiger partial charge is 0.493 e. The Hall–Kier alpha value is -1.27. The quantitative estimate of drug-likeness (QED) is 0.809. The topological polar surface area (TPSA) is 56.8 Å². The maximum Gasteiger partial charge on any atom is 0.322 e. The van der Waals surface area contributed by atoms with Gasteiger partial charge in [0, 0.05) is 11.0 Å². The fourth-order valence-corrected chi connectivity index (χ4v) is 2.02. The van der Waals surface area contributed by atoms with Crippen LogP contribution < -0.4 is 14.8 Å². The number of hydrogen-bond acceptors (Lipinski definition) is 5. The molecule has 0 heterocycles. The number of rotatable bonds is 6. The van der Waals surface area contributed by atoms with Crippen LogP contribution in [0.25, 0.3) is 0 Å². The molecule has 0 radical (unpaired) electrons. The number of nitrogens with one attached hydrogen (secondary N) is 1. The number of esters is 1. The lowest BCUT2D eigenvalue weighted by molar-refractivity contribution is -0.142. The Kier molecular flexibility index (Phi) is 6.11. The van der Waals surface area contributed by atoms with Gasteiger partial charge in [-0.1, -0.05) is 15.9 Å². The van der Waals surface area contributed by atoms with Gasteiger partial charge in [0.05, 0.1) is 21.3 Å². The average molecular weight is 332 g/mol. The van der Waals surface area contributed by atoms with Crippen LogP contribution in [-0.2, 0) is 16.1 Å². The summed E-state index contributed by atoms with van der Waals surface area (Å²) in [7, 11) is 4.54. The highest BCUT2D eigenvalue weighted by Gasteiger charge is 2.14. The lowest BCUT2D eigenvalue weighted by Crippen LogP contribution is -2.34. The maximum absolute atomic E-state index is 11.3. The van der Waals surface area contributed by atoms with Gasteiger partial charge in [0.2, 0.25) is 0 Å². The predicted octanol–water partition coefficient (Wildman–Crippen LogP) is 2.12. The molecule has 0 aliphatic rings. The van der Waals surface area contributed by atoms with E-state index in [0.717, 1.165) is 10.0 Å². The van der Waals surface area contributed by atoms with E-state index in [1.165, 1.54) is 7.11 Å². The van der Waals surface area contributed by atoms with Crippen molar-refractivity contribution in [2.24, 2.45) is 0 Å². The molecule has 0 fully saturated rings. The van der Waals surface area contributed by atoms with Gasteiger partial charge in [-0.2, -0.15) is 0 Å². The Bertz CT molecular complexity index is 451. The van der Waals surface area contributed by atoms with Crippen LogP contribution >= 0.6 is 15.9 Å². The molecule has 0 aliphatic heterocycles. The molecule has 1 atom stereocenters. The van der Waals surface area contributed by atoms with Gasteiger partial charge in [-0.25, -0.2) is 0 Å². The summed E-state index contributed by atoms with van der Waals surface area (Å²) in [5, 5.41) is 3.08. The van der Waals surface area contributed by atoms with Gasteiger partial charge >= 0.3 is 5.97 Å². The Morgan fingerprint density at radius 1 is 1.26 bits per heavy atom. The van der Waals surface area contributed by atoms with E-state index in [0.29, 0.717) is 18.0 Å². The van der Waals surface area contributed by atoms with Crippen LogP contribution in [0.1, 0.15) is 12.5 Å². The first-order valence-electron chi connectivity index (χ1n) is 5.75. The molecule has 5 nitrogen and oxygen atoms in total. The van der Waals surface area contributed by atoms with Crippen LogP contribution in [0.4, 0.5) is 0 Å². The van der Waals surface area contributed by atoms with E-state index in [4.69, 9.17) is 9.47 Å². The minimum Gasteiger partial charge on any atom is -0.493 e. The normalized spacial score (nSPS) is 11.8. The van der Waals surface area contributed by atoms with E-state index in [1.54, 1.807) is 21.1 Å². The molecule has 1 aromatic rings. The number of benzene rings is 1. The molecule has 0 bridgehead atoms. The fraction of sp³-hybridized carbons (Fsp3) is 0.462. The minimum atomic E-state index is -0.370. The van der Waals surface area contributed by atoms with E-state index < -0.39 is 0 Å². The van der Waals surface area contributed by atoms with Crippen LogP contribution in [0.15, 0.2) is 16.6 Å². The molecule has 0 amide bonds. The van der Waals surface area contributed by atoms with E-state index in [2.05, 4.69) is 26.0 Å². The minimum absolute atomic E-state index is 0.295. The summed E-state index contributed by atoms with van der Waals surface area (Å²) < 4.78 is 16.0. The fourth-order valence-electron chi connectivity index (χ4n) is 1.55. The second kappa shape index (κ2) is 7.35. The van der Waals surface area contributed by atoms with Crippen molar-refractivity contribution < 1.29 is 19.0 Å². The third-order valence-electron chi connectivity index (χ3n) is 2.71. The molecular formula is C13H18BrNO4. The molecule has 1 rings (SSSR count). The molecular weight excluding hydrogens is 314 g/mol. The van der Waals surface area contributed by atoms with Crippen molar-refractivity contribution >= 4 is 21.9 Å². The predicted molar refractivity (Wildman–Crippen MR) is 75.6 cm³/mol. The molecule has 1 aromatic carbocycles. The molecule has 0 aliphatic carbocycles. The molecule has 0 aromatic heterocycles. The summed E-state index contributed by atoms with van der Waals surface area (Å²) in [5.74, 6) is 1.00. The molecule has 6 heteroatoms. The summed E-state index contributed by atoms with van der Waals surface area (Å²) in [6.07, 6.45) is 0. The number of halogens is 1. The van der Waals surface area contributed by atoms with Crippen molar-refractivity contribution in [1.82, 2.24) is 5.32 Å². The number of carbonyl (C=O) groups excluding carboxylic acids is 1. The third kappa shape index (κ3) is 4.11. The van der Waals surface area contributed by atoms with Crippen LogP contribution in [0.5, 0.6) is 11.5 Å². The van der Waals surface area contributed by atoms with E-state index in [1.807, 2.05) is 12.1 Å². The molecule has 0 saturated carbocycles. The molecule has 106 valence electrons. The van der Waals surface area contributed by atoms with Gasteiger partial charge in [-0.05, 0) is 24.6 Å². The highest BCUT2D eigenvalue weighted by Crippen LogP contribution is 2.33. The van der Waals surface area contributed by atoms with Gasteiger partial charge in [-0.3, -0.25) is 4.79 Å². The van der Waals surface area contributed by atoms with E-state index >= 15 is 0 Å². The molecule has 0 spiro atoms. The van der Waals surface area contributed by atoms with Gasteiger partial charge in [0.15, 0.2) is 11.5 Å². The molecule has 0 unspecified atom stereocenters. The highest BCUT2D eigenvalue weighted by molar-refractivity contribution is 9.10. The van der Waals surface area contributed by atoms with Crippen LogP contribution in [-0.4, -0.2) is 33.3 Å². The first kappa shape index (κ1) is 15.8. The lowest BCUT2D eigenvalue weighted by atomic mass is 10.2. The summed E-state index contributed by atoms with van der Waals surface area (Å²) in [6.45, 7) is 2.26. The van der Waals surface area contributed by atoms with Gasteiger partial charge in [0.25, 0.3) is 0 Å². The first-order valence-corrected chi connectivity index (χ1v) is 6.54. The highest BCUT2D eigenvalue weighted by atomic mass is 79.9. The second-order valence-electron chi connectivity index (χ2n) is 3.92. The van der Waals surface area contributed by atoms with Crippen molar-refractivity contribution in [3.05, 3.63) is 22.2 Å². The smallest absolute Gasteiger partial charge is 0.322 e. The first-order chi connectivity index (χ1) is 9.03. The zero-order valence-corrected chi connectivity index (χ0v) is 13.0. The van der Waals surface area contributed by atoms with E-state index in [-0.39, 0.29) is 12.0 Å².